The van der Waals surface area contributed by atoms with Crippen molar-refractivity contribution in [2.75, 3.05) is 12.4 Å². The Balaban J connectivity index is 1.70. The summed E-state index contributed by atoms with van der Waals surface area (Å²) in [6.07, 6.45) is 10.3. The van der Waals surface area contributed by atoms with Crippen molar-refractivity contribution < 1.29 is 14.0 Å². The van der Waals surface area contributed by atoms with E-state index in [1.54, 1.807) is 26.2 Å². The van der Waals surface area contributed by atoms with E-state index in [1.807, 2.05) is 0 Å². The molecule has 1 unspecified atom stereocenters. The topological polar surface area (TPSA) is 106 Å². The zero-order valence-electron chi connectivity index (χ0n) is 20.3. The van der Waals surface area contributed by atoms with Crippen LogP contribution >= 0.6 is 0 Å². The molecule has 1 aliphatic carbocycles. The molecule has 36 heavy (non-hydrogen) atoms. The number of rotatable bonds is 8. The van der Waals surface area contributed by atoms with Gasteiger partial charge in [0.15, 0.2) is 5.78 Å². The molecule has 0 bridgehead atoms. The summed E-state index contributed by atoms with van der Waals surface area (Å²) < 4.78 is 14.8. The van der Waals surface area contributed by atoms with Crippen molar-refractivity contribution in [2.45, 2.75) is 45.2 Å². The number of pyridine rings is 1. The molecule has 0 aliphatic heterocycles. The van der Waals surface area contributed by atoms with Crippen LogP contribution in [0.15, 0.2) is 59.8 Å². The Morgan fingerprint density at radius 3 is 2.58 bits per heavy atom. The van der Waals surface area contributed by atoms with E-state index in [4.69, 9.17) is 0 Å². The Morgan fingerprint density at radius 1 is 1.11 bits per heavy atom. The molecule has 0 saturated heterocycles. The van der Waals surface area contributed by atoms with Crippen LogP contribution in [-0.4, -0.2) is 39.3 Å². The van der Waals surface area contributed by atoms with Crippen molar-refractivity contribution >= 4 is 23.0 Å². The largest absolute Gasteiger partial charge is 0.319 e. The molecule has 0 radical (unpaired) electrons. The Morgan fingerprint density at radius 2 is 1.89 bits per heavy atom. The van der Waals surface area contributed by atoms with Gasteiger partial charge in [0.2, 0.25) is 5.91 Å². The van der Waals surface area contributed by atoms with Gasteiger partial charge in [0.1, 0.15) is 17.3 Å². The number of allylic oxidation sites excluding steroid dienone is 2. The number of carbonyl (C=O) groups is 2. The number of ketones is 1. The van der Waals surface area contributed by atoms with Crippen LogP contribution in [-0.2, 0) is 11.3 Å². The van der Waals surface area contributed by atoms with Gasteiger partial charge in [-0.3, -0.25) is 23.9 Å². The molecule has 4 rings (SSSR count). The molecule has 2 N–H and O–H groups in total. The highest BCUT2D eigenvalue weighted by Gasteiger charge is 2.19. The fourth-order valence-corrected chi connectivity index (χ4v) is 4.04. The van der Waals surface area contributed by atoms with Gasteiger partial charge in [-0.2, -0.15) is 0 Å². The lowest BCUT2D eigenvalue weighted by Gasteiger charge is -2.19. The van der Waals surface area contributed by atoms with Crippen molar-refractivity contribution in [3.05, 3.63) is 93.7 Å². The quantitative estimate of drug-likeness (QED) is 0.469. The first-order valence-electron chi connectivity index (χ1n) is 11.9. The molecule has 0 spiro atoms. The number of likely N-dealkylation sites (N-methyl/N-ethyl adjacent to an activating group) is 1. The van der Waals surface area contributed by atoms with Crippen LogP contribution < -0.4 is 16.2 Å². The van der Waals surface area contributed by atoms with Crippen LogP contribution in [0.3, 0.4) is 0 Å². The number of carbonyl (C=O) groups excluding carboxylic acids is 2. The smallest absolute Gasteiger partial charge is 0.277 e. The van der Waals surface area contributed by atoms with Gasteiger partial charge < -0.3 is 10.6 Å². The minimum Gasteiger partial charge on any atom is -0.319 e. The number of anilines is 1. The lowest BCUT2D eigenvalue weighted by molar-refractivity contribution is -0.117. The highest BCUT2D eigenvalue weighted by atomic mass is 19.1. The fourth-order valence-electron chi connectivity index (χ4n) is 4.04. The molecule has 1 aromatic carbocycles. The van der Waals surface area contributed by atoms with Gasteiger partial charge >= 0.3 is 0 Å². The first-order valence-corrected chi connectivity index (χ1v) is 11.9. The van der Waals surface area contributed by atoms with E-state index in [-0.39, 0.29) is 23.9 Å². The van der Waals surface area contributed by atoms with E-state index in [1.165, 1.54) is 41.2 Å². The summed E-state index contributed by atoms with van der Waals surface area (Å²) in [5, 5.41) is 5.50. The third kappa shape index (κ3) is 5.63. The standard InChI is InChI=1S/C27H28FN5O3/c1-17(29-2)26(35)32-23-15-31-25(20-6-4-3-5-7-20)33(27(23)36)16-18-12-21(14-30-13-18)24(34)19-8-10-22(28)11-9-19/h6,8-15,17,29H,3-5,7,16H2,1-2H3,(H,32,35). The number of aromatic nitrogens is 3. The van der Waals surface area contributed by atoms with E-state index in [0.717, 1.165) is 31.3 Å². The molecule has 9 heteroatoms. The number of halogens is 1. The fraction of sp³-hybridized carbons (Fsp3) is 0.296. The Hall–Kier alpha value is -3.98. The molecule has 8 nitrogen and oxygen atoms in total. The molecule has 3 aromatic rings. The van der Waals surface area contributed by atoms with Crippen molar-refractivity contribution in [3.63, 3.8) is 0 Å². The van der Waals surface area contributed by atoms with Crippen LogP contribution in [0.25, 0.3) is 5.57 Å². The van der Waals surface area contributed by atoms with Crippen LogP contribution in [0.4, 0.5) is 10.1 Å². The molecule has 1 atom stereocenters. The molecule has 1 amide bonds. The third-order valence-corrected chi connectivity index (χ3v) is 6.21. The molecule has 0 saturated carbocycles. The number of benzene rings is 1. The van der Waals surface area contributed by atoms with Crippen LogP contribution in [0.1, 0.15) is 59.9 Å². The average molecular weight is 490 g/mol. The van der Waals surface area contributed by atoms with Gasteiger partial charge in [0, 0.05) is 23.5 Å². The second kappa shape index (κ2) is 11.2. The van der Waals surface area contributed by atoms with E-state index in [9.17, 15) is 18.8 Å². The second-order valence-corrected chi connectivity index (χ2v) is 8.78. The maximum atomic E-state index is 13.5. The highest BCUT2D eigenvalue weighted by molar-refractivity contribution is 6.08. The van der Waals surface area contributed by atoms with Crippen molar-refractivity contribution in [1.82, 2.24) is 19.9 Å². The number of amides is 1. The van der Waals surface area contributed by atoms with Crippen LogP contribution in [0.2, 0.25) is 0 Å². The predicted octanol–water partition coefficient (Wildman–Crippen LogP) is 3.56. The lowest BCUT2D eigenvalue weighted by Crippen LogP contribution is -2.38. The summed E-state index contributed by atoms with van der Waals surface area (Å²) >= 11 is 0. The zero-order chi connectivity index (χ0) is 25.7. The van der Waals surface area contributed by atoms with Gasteiger partial charge in [-0.1, -0.05) is 6.08 Å². The third-order valence-electron chi connectivity index (χ3n) is 6.21. The summed E-state index contributed by atoms with van der Waals surface area (Å²) in [5.41, 5.74) is 1.95. The summed E-state index contributed by atoms with van der Waals surface area (Å²) in [7, 11) is 1.66. The molecule has 2 aromatic heterocycles. The Kier molecular flexibility index (Phi) is 7.80. The zero-order valence-corrected chi connectivity index (χ0v) is 20.3. The van der Waals surface area contributed by atoms with Gasteiger partial charge in [-0.15, -0.1) is 0 Å². The van der Waals surface area contributed by atoms with Gasteiger partial charge in [0.05, 0.1) is 18.8 Å². The lowest BCUT2D eigenvalue weighted by atomic mass is 9.98. The minimum absolute atomic E-state index is 0.0776. The van der Waals surface area contributed by atoms with Crippen molar-refractivity contribution in [2.24, 2.45) is 0 Å². The second-order valence-electron chi connectivity index (χ2n) is 8.78. The van der Waals surface area contributed by atoms with Gasteiger partial charge in [-0.25, -0.2) is 9.37 Å². The maximum Gasteiger partial charge on any atom is 0.277 e. The first-order chi connectivity index (χ1) is 17.4. The number of hydrogen-bond donors (Lipinski definition) is 2. The van der Waals surface area contributed by atoms with E-state index >= 15 is 0 Å². The summed E-state index contributed by atoms with van der Waals surface area (Å²) in [5.74, 6) is -0.534. The van der Waals surface area contributed by atoms with Gasteiger partial charge in [-0.05, 0) is 81.1 Å². The SMILES string of the molecule is CNC(C)C(=O)Nc1cnc(C2=CCCCC2)n(Cc2cncc(C(=O)c3ccc(F)cc3)c2)c1=O. The van der Waals surface area contributed by atoms with E-state index in [2.05, 4.69) is 26.7 Å². The normalized spacial score (nSPS) is 14.1. The molecule has 1 aliphatic rings. The number of nitrogens with zero attached hydrogens (tertiary/aromatic N) is 3. The minimum atomic E-state index is -0.489. The highest BCUT2D eigenvalue weighted by Crippen LogP contribution is 2.25. The van der Waals surface area contributed by atoms with Crippen LogP contribution in [0, 0.1) is 5.82 Å². The van der Waals surface area contributed by atoms with E-state index < -0.39 is 17.4 Å². The Bertz CT molecular complexity index is 1360. The number of nitrogens with one attached hydrogen (secondary N) is 2. The van der Waals surface area contributed by atoms with Crippen molar-refractivity contribution in [1.29, 1.82) is 0 Å². The predicted molar refractivity (Wildman–Crippen MR) is 135 cm³/mol. The monoisotopic (exact) mass is 489 g/mol. The Labute approximate surface area is 208 Å². The molecule has 0 fully saturated rings. The first kappa shape index (κ1) is 25.1. The summed E-state index contributed by atoms with van der Waals surface area (Å²) in [4.78, 5) is 47.5. The van der Waals surface area contributed by atoms with Crippen molar-refractivity contribution in [3.8, 4) is 0 Å². The molecular formula is C27H28FN5O3. The molecular weight excluding hydrogens is 461 g/mol. The molecule has 186 valence electrons. The molecule has 2 heterocycles. The summed E-state index contributed by atoms with van der Waals surface area (Å²) in [6.45, 7) is 1.80. The summed E-state index contributed by atoms with van der Waals surface area (Å²) in [6, 6.07) is 6.48. The van der Waals surface area contributed by atoms with E-state index in [0.29, 0.717) is 22.5 Å². The van der Waals surface area contributed by atoms with Gasteiger partial charge in [0.25, 0.3) is 5.56 Å². The number of hydrogen-bond acceptors (Lipinski definition) is 6. The maximum absolute atomic E-state index is 13.5. The van der Waals surface area contributed by atoms with Crippen LogP contribution in [0.5, 0.6) is 0 Å². The average Bonchev–Trinajstić information content (AvgIpc) is 2.91.